The van der Waals surface area contributed by atoms with E-state index in [0.717, 1.165) is 22.9 Å². The summed E-state index contributed by atoms with van der Waals surface area (Å²) < 4.78 is 0.985. The Morgan fingerprint density at radius 2 is 2.25 bits per heavy atom. The number of aryl methyl sites for hydroxylation is 1. The van der Waals surface area contributed by atoms with Gasteiger partial charge in [0.25, 0.3) is 0 Å². The lowest BCUT2D eigenvalue weighted by Crippen LogP contribution is -2.53. The van der Waals surface area contributed by atoms with Gasteiger partial charge in [-0.3, -0.25) is 4.79 Å². The number of nitrogens with two attached hydrogens (primary N) is 1. The molecule has 5 heteroatoms. The average Bonchev–Trinajstić information content (AvgIpc) is 3.24. The minimum Gasteiger partial charge on any atom is -0.349 e. The molecule has 3 N–H and O–H groups in total. The third kappa shape index (κ3) is 3.96. The van der Waals surface area contributed by atoms with Crippen molar-refractivity contribution in [3.63, 3.8) is 0 Å². The number of carbonyl (C=O) groups excluding carboxylic acids is 1. The Hall–Kier alpha value is -0.580. The molecule has 110 valence electrons. The highest BCUT2D eigenvalue weighted by atomic mass is 79.9. The fourth-order valence-corrected chi connectivity index (χ4v) is 3.04. The van der Waals surface area contributed by atoms with Gasteiger partial charge in [-0.2, -0.15) is 0 Å². The third-order valence-electron chi connectivity index (χ3n) is 3.96. The molecule has 0 heterocycles. The van der Waals surface area contributed by atoms with Gasteiger partial charge in [0, 0.05) is 22.5 Å². The second-order valence-electron chi connectivity index (χ2n) is 5.68. The normalized spacial score (nSPS) is 17.6. The van der Waals surface area contributed by atoms with Crippen LogP contribution in [0.15, 0.2) is 22.7 Å². The zero-order valence-electron chi connectivity index (χ0n) is 11.6. The van der Waals surface area contributed by atoms with E-state index in [-0.39, 0.29) is 11.4 Å². The Balaban J connectivity index is 1.90. The highest BCUT2D eigenvalue weighted by molar-refractivity contribution is 9.10. The van der Waals surface area contributed by atoms with Crippen molar-refractivity contribution in [2.24, 2.45) is 11.7 Å². The average molecular weight is 360 g/mol. The van der Waals surface area contributed by atoms with E-state index in [4.69, 9.17) is 17.3 Å². The van der Waals surface area contributed by atoms with Crippen molar-refractivity contribution in [3.8, 4) is 0 Å². The van der Waals surface area contributed by atoms with Crippen LogP contribution < -0.4 is 11.1 Å². The number of hydrogen-bond acceptors (Lipinski definition) is 2. The number of halogens is 2. The van der Waals surface area contributed by atoms with E-state index in [1.807, 2.05) is 25.1 Å². The molecule has 1 amide bonds. The van der Waals surface area contributed by atoms with Gasteiger partial charge in [-0.25, -0.2) is 0 Å². The number of nitrogens with one attached hydrogen (secondary N) is 1. The van der Waals surface area contributed by atoms with Crippen LogP contribution in [0.5, 0.6) is 0 Å². The van der Waals surface area contributed by atoms with E-state index in [2.05, 4.69) is 21.2 Å². The van der Waals surface area contributed by atoms with Crippen molar-refractivity contribution >= 4 is 33.4 Å². The lowest BCUT2D eigenvalue weighted by atomic mass is 9.95. The summed E-state index contributed by atoms with van der Waals surface area (Å²) in [5.74, 6) is 0.589. The lowest BCUT2D eigenvalue weighted by molar-refractivity contribution is -0.123. The van der Waals surface area contributed by atoms with Crippen LogP contribution in [0, 0.1) is 5.92 Å². The summed E-state index contributed by atoms with van der Waals surface area (Å²) >= 11 is 9.45. The Morgan fingerprint density at radius 3 is 2.85 bits per heavy atom. The maximum Gasteiger partial charge on any atom is 0.220 e. The van der Waals surface area contributed by atoms with Crippen LogP contribution in [0.4, 0.5) is 0 Å². The van der Waals surface area contributed by atoms with E-state index in [0.29, 0.717) is 30.3 Å². The van der Waals surface area contributed by atoms with Crippen molar-refractivity contribution in [2.75, 3.05) is 6.54 Å². The van der Waals surface area contributed by atoms with Gasteiger partial charge in [-0.15, -0.1) is 0 Å². The van der Waals surface area contributed by atoms with Crippen LogP contribution in [0.1, 0.15) is 31.7 Å². The standard InChI is InChI=1S/C15H20BrClN2O/c1-15(9-18,11-3-4-11)19-14(20)7-2-10-8-12(17)5-6-13(10)16/h5-6,8,11H,2-4,7,9,18H2,1H3,(H,19,20). The molecule has 1 unspecified atom stereocenters. The number of carbonyl (C=O) groups is 1. The van der Waals surface area contributed by atoms with Crippen LogP contribution in [0.25, 0.3) is 0 Å². The van der Waals surface area contributed by atoms with E-state index in [1.165, 1.54) is 0 Å². The highest BCUT2D eigenvalue weighted by Crippen LogP contribution is 2.39. The first-order chi connectivity index (χ1) is 9.44. The van der Waals surface area contributed by atoms with Gasteiger partial charge in [-0.1, -0.05) is 27.5 Å². The molecule has 20 heavy (non-hydrogen) atoms. The molecule has 3 nitrogen and oxygen atoms in total. The van der Waals surface area contributed by atoms with Crippen molar-refractivity contribution in [1.82, 2.24) is 5.32 Å². The molecule has 0 bridgehead atoms. The number of benzene rings is 1. The predicted octanol–water partition coefficient (Wildman–Crippen LogP) is 3.28. The fourth-order valence-electron chi connectivity index (χ4n) is 2.40. The maximum absolute atomic E-state index is 12.1. The van der Waals surface area contributed by atoms with E-state index in [1.54, 1.807) is 0 Å². The quantitative estimate of drug-likeness (QED) is 0.819. The minimum absolute atomic E-state index is 0.0525. The smallest absolute Gasteiger partial charge is 0.220 e. The molecule has 0 spiro atoms. The van der Waals surface area contributed by atoms with Gasteiger partial charge in [-0.05, 0) is 55.9 Å². The summed E-state index contributed by atoms with van der Waals surface area (Å²) in [5, 5.41) is 3.79. The highest BCUT2D eigenvalue weighted by Gasteiger charge is 2.41. The minimum atomic E-state index is -0.247. The molecule has 1 aliphatic carbocycles. The molecule has 2 rings (SSSR count). The molecule has 1 atom stereocenters. The summed E-state index contributed by atoms with van der Waals surface area (Å²) in [7, 11) is 0. The van der Waals surface area contributed by atoms with Crippen LogP contribution >= 0.6 is 27.5 Å². The van der Waals surface area contributed by atoms with Crippen molar-refractivity contribution in [2.45, 2.75) is 38.1 Å². The fraction of sp³-hybridized carbons (Fsp3) is 0.533. The second kappa shape index (κ2) is 6.46. The molecule has 0 aliphatic heterocycles. The van der Waals surface area contributed by atoms with E-state index < -0.39 is 0 Å². The van der Waals surface area contributed by atoms with Crippen LogP contribution in [-0.2, 0) is 11.2 Å². The topological polar surface area (TPSA) is 55.1 Å². The SMILES string of the molecule is CC(CN)(NC(=O)CCc1cc(Cl)ccc1Br)C1CC1. The molecular weight excluding hydrogens is 340 g/mol. The third-order valence-corrected chi connectivity index (χ3v) is 4.97. The van der Waals surface area contributed by atoms with Gasteiger partial charge < -0.3 is 11.1 Å². The Bertz CT molecular complexity index is 505. The molecule has 1 aromatic rings. The van der Waals surface area contributed by atoms with E-state index in [9.17, 15) is 4.79 Å². The van der Waals surface area contributed by atoms with Crippen molar-refractivity contribution in [3.05, 3.63) is 33.3 Å². The van der Waals surface area contributed by atoms with Gasteiger partial charge in [0.1, 0.15) is 0 Å². The molecule has 1 aromatic carbocycles. The lowest BCUT2D eigenvalue weighted by Gasteiger charge is -2.29. The number of hydrogen-bond donors (Lipinski definition) is 2. The number of amides is 1. The van der Waals surface area contributed by atoms with Gasteiger partial charge in [0.05, 0.1) is 5.54 Å². The first kappa shape index (κ1) is 15.8. The molecule has 0 aromatic heterocycles. The molecular formula is C15H20BrClN2O. The summed E-state index contributed by atoms with van der Waals surface area (Å²) in [6, 6.07) is 5.62. The second-order valence-corrected chi connectivity index (χ2v) is 6.97. The first-order valence-electron chi connectivity index (χ1n) is 6.89. The zero-order chi connectivity index (χ0) is 14.8. The van der Waals surface area contributed by atoms with Gasteiger partial charge in [0.15, 0.2) is 0 Å². The van der Waals surface area contributed by atoms with Crippen LogP contribution in [0.3, 0.4) is 0 Å². The van der Waals surface area contributed by atoms with Crippen molar-refractivity contribution in [1.29, 1.82) is 0 Å². The predicted molar refractivity (Wildman–Crippen MR) is 85.8 cm³/mol. The van der Waals surface area contributed by atoms with Gasteiger partial charge >= 0.3 is 0 Å². The summed E-state index contributed by atoms with van der Waals surface area (Å²) in [6.07, 6.45) is 3.43. The van der Waals surface area contributed by atoms with E-state index >= 15 is 0 Å². The monoisotopic (exact) mass is 358 g/mol. The Kier molecular flexibility index (Phi) is 5.10. The summed E-state index contributed by atoms with van der Waals surface area (Å²) in [4.78, 5) is 12.1. The Morgan fingerprint density at radius 1 is 1.55 bits per heavy atom. The first-order valence-corrected chi connectivity index (χ1v) is 8.07. The largest absolute Gasteiger partial charge is 0.349 e. The van der Waals surface area contributed by atoms with Crippen LogP contribution in [-0.4, -0.2) is 18.0 Å². The summed E-state index contributed by atoms with van der Waals surface area (Å²) in [5.41, 5.74) is 6.61. The number of rotatable bonds is 6. The molecule has 1 aliphatic rings. The molecule has 1 saturated carbocycles. The maximum atomic E-state index is 12.1. The molecule has 0 radical (unpaired) electrons. The van der Waals surface area contributed by atoms with Gasteiger partial charge in [0.2, 0.25) is 5.91 Å². The zero-order valence-corrected chi connectivity index (χ0v) is 13.9. The van der Waals surface area contributed by atoms with Crippen LogP contribution in [0.2, 0.25) is 5.02 Å². The summed E-state index contributed by atoms with van der Waals surface area (Å²) in [6.45, 7) is 2.53. The molecule has 1 fully saturated rings. The van der Waals surface area contributed by atoms with Crippen molar-refractivity contribution < 1.29 is 4.79 Å². The Labute approximate surface area is 133 Å². The molecule has 0 saturated heterocycles.